The lowest BCUT2D eigenvalue weighted by molar-refractivity contribution is 0.0694. The Balaban J connectivity index is 2.93. The lowest BCUT2D eigenvalue weighted by Gasteiger charge is -2.18. The van der Waals surface area contributed by atoms with Gasteiger partial charge in [0.05, 0.1) is 11.3 Å². The van der Waals surface area contributed by atoms with Gasteiger partial charge in [0.15, 0.2) is 0 Å². The van der Waals surface area contributed by atoms with Gasteiger partial charge in [0, 0.05) is 24.7 Å². The van der Waals surface area contributed by atoms with Crippen molar-refractivity contribution in [1.29, 1.82) is 0 Å². The van der Waals surface area contributed by atoms with Gasteiger partial charge in [0.25, 0.3) is 0 Å². The molecule has 1 rings (SSSR count). The molecule has 0 aliphatic heterocycles. The highest BCUT2D eigenvalue weighted by atomic mass is 32.2. The van der Waals surface area contributed by atoms with Crippen molar-refractivity contribution in [2.24, 2.45) is 0 Å². The summed E-state index contributed by atoms with van der Waals surface area (Å²) < 4.78 is 5.03. The van der Waals surface area contributed by atoms with Gasteiger partial charge in [-0.1, -0.05) is 13.0 Å². The number of hydrogen-bond donors (Lipinski definition) is 2. The first-order valence-electron chi connectivity index (χ1n) is 6.34. The first kappa shape index (κ1) is 15.9. The molecule has 0 fully saturated rings. The smallest absolute Gasteiger partial charge is 0.338 e. The Morgan fingerprint density at radius 1 is 1.53 bits per heavy atom. The van der Waals surface area contributed by atoms with E-state index in [4.69, 9.17) is 4.74 Å². The van der Waals surface area contributed by atoms with Crippen molar-refractivity contribution in [3.8, 4) is 0 Å². The van der Waals surface area contributed by atoms with Crippen LogP contribution in [0.5, 0.6) is 0 Å². The van der Waals surface area contributed by atoms with Crippen molar-refractivity contribution in [3.63, 3.8) is 0 Å². The van der Waals surface area contributed by atoms with Gasteiger partial charge in [-0.15, -0.1) is 11.8 Å². The van der Waals surface area contributed by atoms with Crippen LogP contribution in [0.15, 0.2) is 23.1 Å². The number of benzene rings is 1. The first-order valence-corrected chi connectivity index (χ1v) is 7.33. The third-order valence-electron chi connectivity index (χ3n) is 2.70. The standard InChI is InChI=1S/C14H21NO3S/c1-4-19-12-7-5-6-11(13(12)14(16)17)15-10(2)8-9-18-3/h5-7,10,15H,4,8-9H2,1-3H3,(H,16,17). The molecule has 19 heavy (non-hydrogen) atoms. The maximum absolute atomic E-state index is 11.4. The highest BCUT2D eigenvalue weighted by molar-refractivity contribution is 7.99. The van der Waals surface area contributed by atoms with Crippen molar-refractivity contribution in [1.82, 2.24) is 0 Å². The fourth-order valence-corrected chi connectivity index (χ4v) is 2.61. The van der Waals surface area contributed by atoms with Crippen LogP contribution >= 0.6 is 11.8 Å². The number of methoxy groups -OCH3 is 1. The number of hydrogen-bond acceptors (Lipinski definition) is 4. The molecule has 0 spiro atoms. The molecule has 0 saturated carbocycles. The molecule has 0 saturated heterocycles. The Hall–Kier alpha value is -1.20. The molecule has 5 heteroatoms. The van der Waals surface area contributed by atoms with Gasteiger partial charge in [-0.2, -0.15) is 0 Å². The minimum absolute atomic E-state index is 0.167. The summed E-state index contributed by atoms with van der Waals surface area (Å²) in [6, 6.07) is 5.71. The number of carboxylic acids is 1. The Morgan fingerprint density at radius 3 is 2.84 bits per heavy atom. The number of nitrogens with one attached hydrogen (secondary N) is 1. The minimum Gasteiger partial charge on any atom is -0.478 e. The van der Waals surface area contributed by atoms with Crippen LogP contribution < -0.4 is 5.32 Å². The van der Waals surface area contributed by atoms with E-state index < -0.39 is 5.97 Å². The molecule has 106 valence electrons. The van der Waals surface area contributed by atoms with Gasteiger partial charge in [-0.25, -0.2) is 4.79 Å². The van der Waals surface area contributed by atoms with Crippen LogP contribution in [0.1, 0.15) is 30.6 Å². The van der Waals surface area contributed by atoms with E-state index in [-0.39, 0.29) is 6.04 Å². The number of aromatic carboxylic acids is 1. The van der Waals surface area contributed by atoms with E-state index in [1.807, 2.05) is 32.0 Å². The number of carboxylic acid groups (broad SMARTS) is 1. The third-order valence-corrected chi connectivity index (χ3v) is 3.64. The number of ether oxygens (including phenoxy) is 1. The van der Waals surface area contributed by atoms with Gasteiger partial charge in [0.1, 0.15) is 0 Å². The zero-order valence-corrected chi connectivity index (χ0v) is 12.4. The van der Waals surface area contributed by atoms with Crippen molar-refractivity contribution >= 4 is 23.4 Å². The van der Waals surface area contributed by atoms with Gasteiger partial charge in [0.2, 0.25) is 0 Å². The minimum atomic E-state index is -0.891. The second-order valence-electron chi connectivity index (χ2n) is 4.24. The molecular weight excluding hydrogens is 262 g/mol. The molecular formula is C14H21NO3S. The second-order valence-corrected chi connectivity index (χ2v) is 5.55. The monoisotopic (exact) mass is 283 g/mol. The normalized spacial score (nSPS) is 12.2. The molecule has 0 bridgehead atoms. The molecule has 1 aromatic carbocycles. The molecule has 0 amide bonds. The molecule has 0 heterocycles. The molecule has 1 aromatic rings. The fraction of sp³-hybridized carbons (Fsp3) is 0.500. The zero-order valence-electron chi connectivity index (χ0n) is 11.6. The molecule has 0 aliphatic rings. The Bertz CT molecular complexity index is 423. The van der Waals surface area contributed by atoms with Crippen LogP contribution in [0.3, 0.4) is 0 Å². The Morgan fingerprint density at radius 2 is 2.26 bits per heavy atom. The maximum Gasteiger partial charge on any atom is 0.338 e. The zero-order chi connectivity index (χ0) is 14.3. The largest absolute Gasteiger partial charge is 0.478 e. The van der Waals surface area contributed by atoms with E-state index in [1.165, 1.54) is 0 Å². The highest BCUT2D eigenvalue weighted by Crippen LogP contribution is 2.29. The van der Waals surface area contributed by atoms with E-state index in [2.05, 4.69) is 5.32 Å². The molecule has 0 aliphatic carbocycles. The summed E-state index contributed by atoms with van der Waals surface area (Å²) in [6.45, 7) is 4.68. The van der Waals surface area contributed by atoms with Crippen LogP contribution in [0.2, 0.25) is 0 Å². The highest BCUT2D eigenvalue weighted by Gasteiger charge is 2.16. The van der Waals surface area contributed by atoms with Crippen LogP contribution in [0.4, 0.5) is 5.69 Å². The average Bonchev–Trinajstić information content (AvgIpc) is 2.36. The lowest BCUT2D eigenvalue weighted by Crippen LogP contribution is -2.19. The summed E-state index contributed by atoms with van der Waals surface area (Å²) in [7, 11) is 1.66. The summed E-state index contributed by atoms with van der Waals surface area (Å²) in [4.78, 5) is 12.2. The molecule has 4 nitrogen and oxygen atoms in total. The topological polar surface area (TPSA) is 58.6 Å². The van der Waals surface area contributed by atoms with Gasteiger partial charge in [-0.05, 0) is 31.2 Å². The van der Waals surface area contributed by atoms with Crippen LogP contribution in [0, 0.1) is 0 Å². The number of rotatable bonds is 8. The SMILES string of the molecule is CCSc1cccc(NC(C)CCOC)c1C(=O)O. The molecule has 0 radical (unpaired) electrons. The van der Waals surface area contributed by atoms with Crippen molar-refractivity contribution in [2.45, 2.75) is 31.2 Å². The second kappa shape index (κ2) is 8.07. The Labute approximate surface area is 118 Å². The van der Waals surface area contributed by atoms with Gasteiger partial charge >= 0.3 is 5.97 Å². The van der Waals surface area contributed by atoms with Crippen molar-refractivity contribution in [3.05, 3.63) is 23.8 Å². The first-order chi connectivity index (χ1) is 9.10. The van der Waals surface area contributed by atoms with Crippen molar-refractivity contribution < 1.29 is 14.6 Å². The molecule has 1 unspecified atom stereocenters. The molecule has 2 N–H and O–H groups in total. The predicted octanol–water partition coefficient (Wildman–Crippen LogP) is 3.33. The van der Waals surface area contributed by atoms with Crippen LogP contribution in [-0.2, 0) is 4.74 Å². The van der Waals surface area contributed by atoms with Crippen molar-refractivity contribution in [2.75, 3.05) is 24.8 Å². The van der Waals surface area contributed by atoms with Crippen LogP contribution in [-0.4, -0.2) is 36.6 Å². The summed E-state index contributed by atoms with van der Waals surface area (Å²) in [5.41, 5.74) is 1.04. The summed E-state index contributed by atoms with van der Waals surface area (Å²) >= 11 is 1.54. The predicted molar refractivity (Wildman–Crippen MR) is 79.4 cm³/mol. The Kier molecular flexibility index (Phi) is 6.73. The van der Waals surface area contributed by atoms with E-state index >= 15 is 0 Å². The van der Waals surface area contributed by atoms with Crippen LogP contribution in [0.25, 0.3) is 0 Å². The van der Waals surface area contributed by atoms with E-state index in [0.29, 0.717) is 17.9 Å². The average molecular weight is 283 g/mol. The summed E-state index contributed by atoms with van der Waals surface area (Å²) in [6.07, 6.45) is 0.834. The quantitative estimate of drug-likeness (QED) is 0.717. The number of thioether (sulfide) groups is 1. The van der Waals surface area contributed by atoms with Gasteiger partial charge in [-0.3, -0.25) is 0 Å². The summed E-state index contributed by atoms with van der Waals surface area (Å²) in [5, 5.41) is 12.6. The van der Waals surface area contributed by atoms with E-state index in [0.717, 1.165) is 17.1 Å². The third kappa shape index (κ3) is 4.76. The lowest BCUT2D eigenvalue weighted by atomic mass is 10.1. The van der Waals surface area contributed by atoms with Gasteiger partial charge < -0.3 is 15.2 Å². The molecule has 0 aromatic heterocycles. The molecule has 1 atom stereocenters. The number of carbonyl (C=O) groups is 1. The number of anilines is 1. The maximum atomic E-state index is 11.4. The summed E-state index contributed by atoms with van der Waals surface area (Å²) in [5.74, 6) is -0.0406. The van der Waals surface area contributed by atoms with E-state index in [9.17, 15) is 9.90 Å². The van der Waals surface area contributed by atoms with E-state index in [1.54, 1.807) is 18.9 Å². The fourth-order valence-electron chi connectivity index (χ4n) is 1.78.